The van der Waals surface area contributed by atoms with Crippen molar-refractivity contribution in [1.29, 1.82) is 0 Å². The number of halogens is 2. The highest BCUT2D eigenvalue weighted by atomic mass is 35.5. The van der Waals surface area contributed by atoms with Gasteiger partial charge in [-0.1, -0.05) is 45.4 Å². The highest BCUT2D eigenvalue weighted by Gasteiger charge is 2.21. The SMILES string of the molecule is CCOC(CCl)Oc1c(C(C)C)cc(C(C)C)c(Cl)c1C. The fourth-order valence-corrected chi connectivity index (χ4v) is 2.77. The van der Waals surface area contributed by atoms with Gasteiger partial charge in [-0.05, 0) is 36.8 Å². The first-order valence-corrected chi connectivity index (χ1v) is 8.41. The van der Waals surface area contributed by atoms with Crippen molar-refractivity contribution in [2.24, 2.45) is 0 Å². The van der Waals surface area contributed by atoms with Gasteiger partial charge < -0.3 is 9.47 Å². The van der Waals surface area contributed by atoms with Gasteiger partial charge in [-0.2, -0.15) is 0 Å². The zero-order valence-electron chi connectivity index (χ0n) is 13.8. The van der Waals surface area contributed by atoms with Crippen molar-refractivity contribution in [3.05, 3.63) is 27.8 Å². The molecule has 0 aromatic heterocycles. The highest BCUT2D eigenvalue weighted by Crippen LogP contribution is 2.40. The van der Waals surface area contributed by atoms with Crippen molar-refractivity contribution >= 4 is 23.2 Å². The molecule has 0 saturated carbocycles. The molecule has 0 aliphatic heterocycles. The molecule has 120 valence electrons. The van der Waals surface area contributed by atoms with Crippen molar-refractivity contribution in [3.8, 4) is 5.75 Å². The van der Waals surface area contributed by atoms with E-state index in [-0.39, 0.29) is 5.88 Å². The second-order valence-corrected chi connectivity index (χ2v) is 6.48. The normalized spacial score (nSPS) is 13.0. The first-order chi connectivity index (χ1) is 9.83. The van der Waals surface area contributed by atoms with Gasteiger partial charge in [0.25, 0.3) is 0 Å². The Morgan fingerprint density at radius 2 is 1.67 bits per heavy atom. The van der Waals surface area contributed by atoms with E-state index in [1.807, 2.05) is 13.8 Å². The Kier molecular flexibility index (Phi) is 7.32. The predicted octanol–water partition coefficient (Wildman–Crippen LogP) is 5.88. The molecule has 0 aliphatic rings. The summed E-state index contributed by atoms with van der Waals surface area (Å²) >= 11 is 12.4. The number of benzene rings is 1. The molecule has 0 N–H and O–H groups in total. The van der Waals surface area contributed by atoms with E-state index < -0.39 is 6.29 Å². The minimum atomic E-state index is -0.450. The molecule has 0 aliphatic carbocycles. The van der Waals surface area contributed by atoms with E-state index in [0.717, 1.165) is 27.5 Å². The van der Waals surface area contributed by atoms with E-state index >= 15 is 0 Å². The van der Waals surface area contributed by atoms with E-state index in [4.69, 9.17) is 32.7 Å². The Hall–Kier alpha value is -0.440. The van der Waals surface area contributed by atoms with Gasteiger partial charge >= 0.3 is 0 Å². The number of hydrogen-bond donors (Lipinski definition) is 0. The van der Waals surface area contributed by atoms with E-state index in [0.29, 0.717) is 18.4 Å². The van der Waals surface area contributed by atoms with E-state index in [9.17, 15) is 0 Å². The molecular weight excluding hydrogens is 307 g/mol. The molecule has 0 fully saturated rings. The number of hydrogen-bond acceptors (Lipinski definition) is 2. The average Bonchev–Trinajstić information content (AvgIpc) is 2.42. The number of ether oxygens (including phenoxy) is 2. The summed E-state index contributed by atoms with van der Waals surface area (Å²) in [6.45, 7) is 13.1. The summed E-state index contributed by atoms with van der Waals surface area (Å²) in [6.07, 6.45) is -0.450. The molecule has 1 rings (SSSR count). The second-order valence-electron chi connectivity index (χ2n) is 5.79. The van der Waals surface area contributed by atoms with Crippen molar-refractivity contribution in [2.75, 3.05) is 12.5 Å². The Morgan fingerprint density at radius 1 is 1.10 bits per heavy atom. The van der Waals surface area contributed by atoms with E-state index in [1.165, 1.54) is 0 Å². The van der Waals surface area contributed by atoms with Crippen LogP contribution in [0.25, 0.3) is 0 Å². The third-order valence-corrected chi connectivity index (χ3v) is 4.22. The smallest absolute Gasteiger partial charge is 0.213 e. The standard InChI is InChI=1S/C17H26Cl2O2/c1-7-20-15(9-18)21-17-12(6)16(19)13(10(2)3)8-14(17)11(4)5/h8,10-11,15H,7,9H2,1-6H3. The lowest BCUT2D eigenvalue weighted by Crippen LogP contribution is -2.23. The molecule has 0 bridgehead atoms. The van der Waals surface area contributed by atoms with Crippen LogP contribution in [0.15, 0.2) is 6.07 Å². The van der Waals surface area contributed by atoms with Gasteiger partial charge in [0, 0.05) is 12.2 Å². The molecule has 4 heteroatoms. The fraction of sp³-hybridized carbons (Fsp3) is 0.647. The first kappa shape index (κ1) is 18.6. The van der Waals surface area contributed by atoms with Gasteiger partial charge in [-0.3, -0.25) is 0 Å². The Bertz CT molecular complexity index is 470. The van der Waals surface area contributed by atoms with Gasteiger partial charge in [0.05, 0.1) is 10.9 Å². The largest absolute Gasteiger partial charge is 0.463 e. The van der Waals surface area contributed by atoms with Gasteiger partial charge in [-0.15, -0.1) is 11.6 Å². The molecule has 0 amide bonds. The minimum Gasteiger partial charge on any atom is -0.463 e. The Labute approximate surface area is 138 Å². The molecule has 0 saturated heterocycles. The van der Waals surface area contributed by atoms with Gasteiger partial charge in [-0.25, -0.2) is 0 Å². The topological polar surface area (TPSA) is 18.5 Å². The molecule has 1 aromatic rings. The summed E-state index contributed by atoms with van der Waals surface area (Å²) in [5.74, 6) is 1.80. The minimum absolute atomic E-state index is 0.286. The third-order valence-electron chi connectivity index (χ3n) is 3.47. The summed E-state index contributed by atoms with van der Waals surface area (Å²) < 4.78 is 11.5. The summed E-state index contributed by atoms with van der Waals surface area (Å²) in [6, 6.07) is 2.15. The molecule has 2 nitrogen and oxygen atoms in total. The summed E-state index contributed by atoms with van der Waals surface area (Å²) in [7, 11) is 0. The van der Waals surface area contributed by atoms with Gasteiger partial charge in [0.15, 0.2) is 0 Å². The maximum Gasteiger partial charge on any atom is 0.213 e. The van der Waals surface area contributed by atoms with Crippen LogP contribution < -0.4 is 4.74 Å². The maximum absolute atomic E-state index is 6.52. The van der Waals surface area contributed by atoms with Crippen molar-refractivity contribution in [3.63, 3.8) is 0 Å². The highest BCUT2D eigenvalue weighted by molar-refractivity contribution is 6.32. The van der Waals surface area contributed by atoms with Crippen LogP contribution in [0.1, 0.15) is 63.1 Å². The van der Waals surface area contributed by atoms with Crippen LogP contribution >= 0.6 is 23.2 Å². The van der Waals surface area contributed by atoms with E-state index in [1.54, 1.807) is 0 Å². The van der Waals surface area contributed by atoms with E-state index in [2.05, 4.69) is 33.8 Å². The Morgan fingerprint density at radius 3 is 2.10 bits per heavy atom. The zero-order valence-corrected chi connectivity index (χ0v) is 15.3. The van der Waals surface area contributed by atoms with Crippen LogP contribution in [0.2, 0.25) is 5.02 Å². The predicted molar refractivity (Wildman–Crippen MR) is 91.1 cm³/mol. The number of alkyl halides is 1. The van der Waals surface area contributed by atoms with Crippen LogP contribution in [0.3, 0.4) is 0 Å². The second kappa shape index (κ2) is 8.26. The van der Waals surface area contributed by atoms with Crippen molar-refractivity contribution in [2.45, 2.75) is 59.7 Å². The molecule has 21 heavy (non-hydrogen) atoms. The van der Waals surface area contributed by atoms with Crippen LogP contribution in [0.5, 0.6) is 5.75 Å². The molecule has 1 unspecified atom stereocenters. The van der Waals surface area contributed by atoms with Crippen LogP contribution in [0, 0.1) is 6.92 Å². The summed E-state index contributed by atoms with van der Waals surface area (Å²) in [5, 5.41) is 0.772. The van der Waals surface area contributed by atoms with Crippen LogP contribution in [-0.2, 0) is 4.74 Å². The average molecular weight is 333 g/mol. The number of rotatable bonds is 7. The molecule has 1 aromatic carbocycles. The third kappa shape index (κ3) is 4.51. The summed E-state index contributed by atoms with van der Waals surface area (Å²) in [4.78, 5) is 0. The van der Waals surface area contributed by atoms with Gasteiger partial charge in [0.2, 0.25) is 6.29 Å². The zero-order chi connectivity index (χ0) is 16.2. The van der Waals surface area contributed by atoms with Crippen LogP contribution in [0.4, 0.5) is 0 Å². The molecule has 1 atom stereocenters. The lowest BCUT2D eigenvalue weighted by Gasteiger charge is -2.24. The maximum atomic E-state index is 6.52. The molecular formula is C17H26Cl2O2. The molecule has 0 heterocycles. The monoisotopic (exact) mass is 332 g/mol. The first-order valence-electron chi connectivity index (χ1n) is 7.50. The molecule has 0 spiro atoms. The lowest BCUT2D eigenvalue weighted by atomic mass is 9.92. The van der Waals surface area contributed by atoms with Crippen LogP contribution in [-0.4, -0.2) is 18.8 Å². The van der Waals surface area contributed by atoms with Crippen molar-refractivity contribution < 1.29 is 9.47 Å². The fourth-order valence-electron chi connectivity index (χ4n) is 2.26. The quantitative estimate of drug-likeness (QED) is 0.458. The summed E-state index contributed by atoms with van der Waals surface area (Å²) in [5.41, 5.74) is 3.26. The van der Waals surface area contributed by atoms with Crippen molar-refractivity contribution in [1.82, 2.24) is 0 Å². The lowest BCUT2D eigenvalue weighted by molar-refractivity contribution is -0.0596. The molecule has 0 radical (unpaired) electrons. The van der Waals surface area contributed by atoms with Gasteiger partial charge in [0.1, 0.15) is 5.75 Å². The Balaban J connectivity index is 3.32.